The average Bonchev–Trinajstić information content (AvgIpc) is 3.55. The molecule has 1 heterocycles. The smallest absolute Gasteiger partial charge is 0.246 e. The van der Waals surface area contributed by atoms with Crippen LogP contribution < -0.4 is 4.90 Å². The first-order valence-corrected chi connectivity index (χ1v) is 9.30. The minimum absolute atomic E-state index is 0.0474. The van der Waals surface area contributed by atoms with Crippen molar-refractivity contribution in [1.29, 1.82) is 5.26 Å². The number of anilines is 1. The van der Waals surface area contributed by atoms with Crippen LogP contribution in [0.1, 0.15) is 24.0 Å². The van der Waals surface area contributed by atoms with Gasteiger partial charge < -0.3 is 9.80 Å². The predicted octanol–water partition coefficient (Wildman–Crippen LogP) is 2.75. The summed E-state index contributed by atoms with van der Waals surface area (Å²) in [6.07, 6.45) is 2.58. The largest absolute Gasteiger partial charge is 0.328 e. The molecule has 1 saturated heterocycles. The fraction of sp³-hybridized carbons (Fsp3) is 0.318. The van der Waals surface area contributed by atoms with Gasteiger partial charge in [0.25, 0.3) is 0 Å². The summed E-state index contributed by atoms with van der Waals surface area (Å²) in [7, 11) is 0. The number of nitrogens with zero attached hydrogens (tertiary/aromatic N) is 3. The lowest BCUT2D eigenvalue weighted by Crippen LogP contribution is -2.59. The summed E-state index contributed by atoms with van der Waals surface area (Å²) >= 11 is 0. The zero-order valence-electron chi connectivity index (χ0n) is 15.0. The minimum Gasteiger partial charge on any atom is -0.328 e. The molecule has 0 radical (unpaired) electrons. The van der Waals surface area contributed by atoms with E-state index in [9.17, 15) is 9.59 Å². The van der Waals surface area contributed by atoms with Gasteiger partial charge >= 0.3 is 0 Å². The molecule has 0 bridgehead atoms. The molecule has 2 aromatic rings. The van der Waals surface area contributed by atoms with Crippen LogP contribution in [-0.4, -0.2) is 35.8 Å². The van der Waals surface area contributed by atoms with Crippen LogP contribution >= 0.6 is 0 Å². The number of amides is 2. The molecular weight excluding hydrogens is 338 g/mol. The normalized spacial score (nSPS) is 19.7. The van der Waals surface area contributed by atoms with E-state index in [0.29, 0.717) is 12.1 Å². The third-order valence-corrected chi connectivity index (χ3v) is 5.27. The molecule has 2 amide bonds. The number of rotatable bonds is 4. The van der Waals surface area contributed by atoms with Crippen LogP contribution in [-0.2, 0) is 16.0 Å². The Morgan fingerprint density at radius 1 is 1.07 bits per heavy atom. The van der Waals surface area contributed by atoms with Crippen LogP contribution in [0.5, 0.6) is 0 Å². The fourth-order valence-corrected chi connectivity index (χ4v) is 3.62. The number of carbonyl (C=O) groups is 2. The Labute approximate surface area is 158 Å². The van der Waals surface area contributed by atoms with Gasteiger partial charge in [0.05, 0.1) is 17.7 Å². The molecule has 0 spiro atoms. The zero-order valence-corrected chi connectivity index (χ0v) is 15.0. The highest BCUT2D eigenvalue weighted by Crippen LogP contribution is 2.33. The quantitative estimate of drug-likeness (QED) is 0.843. The van der Waals surface area contributed by atoms with Gasteiger partial charge in [-0.2, -0.15) is 5.26 Å². The molecule has 1 atom stereocenters. The van der Waals surface area contributed by atoms with Crippen LogP contribution in [0.15, 0.2) is 54.6 Å². The molecule has 4 rings (SSSR count). The summed E-state index contributed by atoms with van der Waals surface area (Å²) in [5, 5.41) is 8.98. The van der Waals surface area contributed by atoms with Gasteiger partial charge in [-0.05, 0) is 49.1 Å². The van der Waals surface area contributed by atoms with Crippen LogP contribution in [0.3, 0.4) is 0 Å². The first kappa shape index (κ1) is 17.3. The molecule has 0 aromatic heterocycles. The Hall–Kier alpha value is -3.13. The van der Waals surface area contributed by atoms with Gasteiger partial charge in [0.1, 0.15) is 6.54 Å². The van der Waals surface area contributed by atoms with E-state index in [2.05, 4.69) is 18.2 Å². The van der Waals surface area contributed by atoms with E-state index < -0.39 is 0 Å². The van der Waals surface area contributed by atoms with Crippen molar-refractivity contribution in [2.75, 3.05) is 18.0 Å². The summed E-state index contributed by atoms with van der Waals surface area (Å²) in [6.45, 7) is 0.588. The van der Waals surface area contributed by atoms with E-state index in [1.54, 1.807) is 34.1 Å². The molecule has 2 fully saturated rings. The summed E-state index contributed by atoms with van der Waals surface area (Å²) < 4.78 is 0. The average molecular weight is 359 g/mol. The lowest BCUT2D eigenvalue weighted by atomic mass is 10.0. The van der Waals surface area contributed by atoms with Crippen molar-refractivity contribution >= 4 is 17.5 Å². The second-order valence-electron chi connectivity index (χ2n) is 7.25. The standard InChI is InChI=1S/C22H21N3O2/c23-13-17-6-10-19(11-7-17)24-14-20(12-16-4-2-1-3-5-16)25(15-21(24)26)22(27)18-8-9-18/h1-7,10-11,18,20H,8-9,12,14-15H2/t20-/m1/s1. The van der Waals surface area contributed by atoms with Crippen molar-refractivity contribution < 1.29 is 9.59 Å². The number of hydrogen-bond acceptors (Lipinski definition) is 3. The number of carbonyl (C=O) groups excluding carboxylic acids is 2. The maximum atomic E-state index is 12.8. The molecule has 0 unspecified atom stereocenters. The summed E-state index contributed by atoms with van der Waals surface area (Å²) in [6, 6.07) is 19.2. The Morgan fingerprint density at radius 2 is 1.78 bits per heavy atom. The highest BCUT2D eigenvalue weighted by molar-refractivity contribution is 5.98. The van der Waals surface area contributed by atoms with Gasteiger partial charge in [-0.25, -0.2) is 0 Å². The Morgan fingerprint density at radius 3 is 2.41 bits per heavy atom. The van der Waals surface area contributed by atoms with E-state index >= 15 is 0 Å². The second-order valence-corrected chi connectivity index (χ2v) is 7.25. The maximum absolute atomic E-state index is 12.8. The van der Waals surface area contributed by atoms with Crippen LogP contribution in [0.25, 0.3) is 0 Å². The third-order valence-electron chi connectivity index (χ3n) is 5.27. The zero-order chi connectivity index (χ0) is 18.8. The number of hydrogen-bond donors (Lipinski definition) is 0. The topological polar surface area (TPSA) is 64.4 Å². The molecular formula is C22H21N3O2. The highest BCUT2D eigenvalue weighted by Gasteiger charge is 2.41. The van der Waals surface area contributed by atoms with Crippen molar-refractivity contribution in [3.05, 3.63) is 65.7 Å². The van der Waals surface area contributed by atoms with Gasteiger partial charge in [0.15, 0.2) is 0 Å². The monoisotopic (exact) mass is 359 g/mol. The molecule has 5 heteroatoms. The molecule has 0 N–H and O–H groups in total. The van der Waals surface area contributed by atoms with Gasteiger partial charge in [0.2, 0.25) is 11.8 Å². The Bertz CT molecular complexity index is 882. The fourth-order valence-electron chi connectivity index (χ4n) is 3.62. The lowest BCUT2D eigenvalue weighted by Gasteiger charge is -2.41. The van der Waals surface area contributed by atoms with E-state index in [4.69, 9.17) is 5.26 Å². The van der Waals surface area contributed by atoms with Crippen molar-refractivity contribution in [3.63, 3.8) is 0 Å². The first-order chi connectivity index (χ1) is 13.2. The molecule has 2 aromatic carbocycles. The number of nitriles is 1. The molecule has 1 aliphatic heterocycles. The molecule has 1 aliphatic carbocycles. The first-order valence-electron chi connectivity index (χ1n) is 9.30. The predicted molar refractivity (Wildman–Crippen MR) is 102 cm³/mol. The molecule has 136 valence electrons. The molecule has 27 heavy (non-hydrogen) atoms. The van der Waals surface area contributed by atoms with Gasteiger partial charge in [0, 0.05) is 18.2 Å². The summed E-state index contributed by atoms with van der Waals surface area (Å²) in [5.41, 5.74) is 2.50. The van der Waals surface area contributed by atoms with Crippen LogP contribution in [0.2, 0.25) is 0 Å². The lowest BCUT2D eigenvalue weighted by molar-refractivity contribution is -0.140. The van der Waals surface area contributed by atoms with Crippen molar-refractivity contribution in [3.8, 4) is 6.07 Å². The maximum Gasteiger partial charge on any atom is 0.246 e. The van der Waals surface area contributed by atoms with Gasteiger partial charge in [-0.15, -0.1) is 0 Å². The van der Waals surface area contributed by atoms with Crippen molar-refractivity contribution in [1.82, 2.24) is 4.90 Å². The van der Waals surface area contributed by atoms with Gasteiger partial charge in [-0.3, -0.25) is 9.59 Å². The highest BCUT2D eigenvalue weighted by atomic mass is 16.2. The summed E-state index contributed by atoms with van der Waals surface area (Å²) in [5.74, 6) is 0.138. The van der Waals surface area contributed by atoms with Crippen LogP contribution in [0, 0.1) is 17.2 Å². The minimum atomic E-state index is -0.0713. The second kappa shape index (κ2) is 7.24. The Kier molecular flexibility index (Phi) is 4.64. The number of piperazine rings is 1. The molecule has 2 aliphatic rings. The van der Waals surface area contributed by atoms with Crippen LogP contribution in [0.4, 0.5) is 5.69 Å². The molecule has 1 saturated carbocycles. The van der Waals surface area contributed by atoms with E-state index in [-0.39, 0.29) is 30.3 Å². The summed E-state index contributed by atoms with van der Waals surface area (Å²) in [4.78, 5) is 29.1. The van der Waals surface area contributed by atoms with E-state index in [1.165, 1.54) is 0 Å². The SMILES string of the molecule is N#Cc1ccc(N2C[C@@H](Cc3ccccc3)N(C(=O)C3CC3)CC2=O)cc1. The van der Waals surface area contributed by atoms with E-state index in [0.717, 1.165) is 30.5 Å². The Balaban J connectivity index is 1.59. The molecule has 5 nitrogen and oxygen atoms in total. The van der Waals surface area contributed by atoms with Gasteiger partial charge in [-0.1, -0.05) is 30.3 Å². The van der Waals surface area contributed by atoms with Crippen molar-refractivity contribution in [2.45, 2.75) is 25.3 Å². The van der Waals surface area contributed by atoms with E-state index in [1.807, 2.05) is 18.2 Å². The third kappa shape index (κ3) is 3.70. The van der Waals surface area contributed by atoms with Crippen molar-refractivity contribution in [2.24, 2.45) is 5.92 Å². The number of benzene rings is 2.